The highest BCUT2D eigenvalue weighted by atomic mass is 16.2. The lowest BCUT2D eigenvalue weighted by Gasteiger charge is -2.39. The molecule has 0 radical (unpaired) electrons. The van der Waals surface area contributed by atoms with Crippen molar-refractivity contribution in [1.29, 1.82) is 0 Å². The highest BCUT2D eigenvalue weighted by Gasteiger charge is 2.29. The van der Waals surface area contributed by atoms with Crippen molar-refractivity contribution in [3.8, 4) is 0 Å². The summed E-state index contributed by atoms with van der Waals surface area (Å²) >= 11 is 0. The number of carbonyl (C=O) groups excluding carboxylic acids is 1. The van der Waals surface area contributed by atoms with E-state index in [1.807, 2.05) is 6.92 Å². The molecule has 0 saturated carbocycles. The zero-order valence-corrected chi connectivity index (χ0v) is 11.5. The van der Waals surface area contributed by atoms with E-state index in [9.17, 15) is 4.79 Å². The third-order valence-corrected chi connectivity index (χ3v) is 3.60. The number of hydrogen-bond donors (Lipinski definition) is 2. The second-order valence-electron chi connectivity index (χ2n) is 4.88. The van der Waals surface area contributed by atoms with Crippen LogP contribution in [0.25, 0.3) is 0 Å². The van der Waals surface area contributed by atoms with Crippen LogP contribution in [0.4, 0.5) is 0 Å². The summed E-state index contributed by atoms with van der Waals surface area (Å²) in [4.78, 5) is 14.1. The van der Waals surface area contributed by atoms with Crippen molar-refractivity contribution in [2.45, 2.75) is 51.6 Å². The van der Waals surface area contributed by atoms with Gasteiger partial charge < -0.3 is 10.6 Å². The van der Waals surface area contributed by atoms with E-state index in [1.165, 1.54) is 19.3 Å². The molecule has 1 amide bonds. The molecule has 2 atom stereocenters. The van der Waals surface area contributed by atoms with Gasteiger partial charge in [0.1, 0.15) is 0 Å². The zero-order valence-electron chi connectivity index (χ0n) is 11.5. The lowest BCUT2D eigenvalue weighted by atomic mass is 9.99. The fourth-order valence-corrected chi connectivity index (χ4v) is 2.56. The molecule has 4 nitrogen and oxygen atoms in total. The Morgan fingerprint density at radius 3 is 2.88 bits per heavy atom. The summed E-state index contributed by atoms with van der Waals surface area (Å²) in [6.07, 6.45) is 4.87. The van der Waals surface area contributed by atoms with E-state index in [0.29, 0.717) is 6.04 Å². The van der Waals surface area contributed by atoms with E-state index in [2.05, 4.69) is 22.5 Å². The van der Waals surface area contributed by atoms with Gasteiger partial charge in [0, 0.05) is 19.6 Å². The van der Waals surface area contributed by atoms with E-state index >= 15 is 0 Å². The maximum atomic E-state index is 11.7. The second-order valence-corrected chi connectivity index (χ2v) is 4.88. The fraction of sp³-hybridized carbons (Fsp3) is 0.923. The molecule has 0 aliphatic carbocycles. The number of rotatable bonds is 6. The smallest absolute Gasteiger partial charge is 0.236 e. The number of piperidine rings is 1. The van der Waals surface area contributed by atoms with Crippen molar-refractivity contribution in [2.75, 3.05) is 26.7 Å². The van der Waals surface area contributed by atoms with Crippen molar-refractivity contribution in [1.82, 2.24) is 15.5 Å². The minimum absolute atomic E-state index is 0.00581. The summed E-state index contributed by atoms with van der Waals surface area (Å²) in [6, 6.07) is 0.510. The molecule has 2 N–H and O–H groups in total. The van der Waals surface area contributed by atoms with Crippen LogP contribution in [-0.4, -0.2) is 49.6 Å². The molecule has 17 heavy (non-hydrogen) atoms. The van der Waals surface area contributed by atoms with Crippen molar-refractivity contribution in [3.63, 3.8) is 0 Å². The molecule has 0 aromatic heterocycles. The standard InChI is InChI=1S/C13H27N3O/c1-4-8-15-10-12-7-5-6-9-16(12)11(2)13(17)14-3/h11-12,15H,4-10H2,1-3H3,(H,14,17). The fourth-order valence-electron chi connectivity index (χ4n) is 2.56. The zero-order chi connectivity index (χ0) is 12.7. The molecule has 1 rings (SSSR count). The van der Waals surface area contributed by atoms with Crippen LogP contribution < -0.4 is 10.6 Å². The van der Waals surface area contributed by atoms with E-state index in [0.717, 1.165) is 26.1 Å². The van der Waals surface area contributed by atoms with Crippen LogP contribution in [0.2, 0.25) is 0 Å². The summed E-state index contributed by atoms with van der Waals surface area (Å²) < 4.78 is 0. The predicted octanol–water partition coefficient (Wildman–Crippen LogP) is 0.975. The number of nitrogens with one attached hydrogen (secondary N) is 2. The Balaban J connectivity index is 2.49. The Bertz CT molecular complexity index is 233. The summed E-state index contributed by atoms with van der Waals surface area (Å²) in [5, 5.41) is 6.22. The van der Waals surface area contributed by atoms with Gasteiger partial charge in [0.2, 0.25) is 5.91 Å². The van der Waals surface area contributed by atoms with Crippen molar-refractivity contribution in [2.24, 2.45) is 0 Å². The largest absolute Gasteiger partial charge is 0.358 e. The van der Waals surface area contributed by atoms with E-state index < -0.39 is 0 Å². The average Bonchev–Trinajstić information content (AvgIpc) is 2.38. The van der Waals surface area contributed by atoms with Gasteiger partial charge in [-0.2, -0.15) is 0 Å². The molecule has 1 fully saturated rings. The van der Waals surface area contributed by atoms with Gasteiger partial charge in [-0.25, -0.2) is 0 Å². The predicted molar refractivity (Wildman–Crippen MR) is 71.0 cm³/mol. The molecule has 1 aliphatic rings. The van der Waals surface area contributed by atoms with Gasteiger partial charge in [0.05, 0.1) is 6.04 Å². The minimum atomic E-state index is -0.00581. The number of likely N-dealkylation sites (N-methyl/N-ethyl adjacent to an activating group) is 1. The van der Waals surface area contributed by atoms with Crippen LogP contribution in [-0.2, 0) is 4.79 Å². The Kier molecular flexibility index (Phi) is 6.52. The van der Waals surface area contributed by atoms with Crippen molar-refractivity contribution in [3.05, 3.63) is 0 Å². The third kappa shape index (κ3) is 4.28. The lowest BCUT2D eigenvalue weighted by molar-refractivity contribution is -0.126. The summed E-state index contributed by atoms with van der Waals surface area (Å²) in [5.41, 5.74) is 0. The molecule has 4 heteroatoms. The van der Waals surface area contributed by atoms with Crippen LogP contribution >= 0.6 is 0 Å². The number of nitrogens with zero attached hydrogens (tertiary/aromatic N) is 1. The molecule has 1 saturated heterocycles. The van der Waals surface area contributed by atoms with Crippen LogP contribution in [0.1, 0.15) is 39.5 Å². The molecule has 100 valence electrons. The van der Waals surface area contributed by atoms with Gasteiger partial charge in [0.25, 0.3) is 0 Å². The Morgan fingerprint density at radius 1 is 1.47 bits per heavy atom. The first-order valence-corrected chi connectivity index (χ1v) is 6.88. The molecular formula is C13H27N3O. The first-order chi connectivity index (χ1) is 8.20. The van der Waals surface area contributed by atoms with Crippen molar-refractivity contribution < 1.29 is 4.79 Å². The molecule has 0 spiro atoms. The van der Waals surface area contributed by atoms with Gasteiger partial charge in [-0.05, 0) is 39.3 Å². The highest BCUT2D eigenvalue weighted by Crippen LogP contribution is 2.19. The Morgan fingerprint density at radius 2 is 2.24 bits per heavy atom. The topological polar surface area (TPSA) is 44.4 Å². The van der Waals surface area contributed by atoms with E-state index in [4.69, 9.17) is 0 Å². The van der Waals surface area contributed by atoms with Gasteiger partial charge in [-0.15, -0.1) is 0 Å². The average molecular weight is 241 g/mol. The second kappa shape index (κ2) is 7.67. The van der Waals surface area contributed by atoms with Crippen LogP contribution in [0.3, 0.4) is 0 Å². The monoisotopic (exact) mass is 241 g/mol. The van der Waals surface area contributed by atoms with E-state index in [1.54, 1.807) is 7.05 Å². The van der Waals surface area contributed by atoms with Crippen LogP contribution in [0.15, 0.2) is 0 Å². The molecule has 1 heterocycles. The Labute approximate surface area is 105 Å². The summed E-state index contributed by atoms with van der Waals surface area (Å²) in [7, 11) is 1.72. The van der Waals surface area contributed by atoms with Gasteiger partial charge in [-0.1, -0.05) is 13.3 Å². The van der Waals surface area contributed by atoms with Gasteiger partial charge in [0.15, 0.2) is 0 Å². The third-order valence-electron chi connectivity index (χ3n) is 3.60. The first-order valence-electron chi connectivity index (χ1n) is 6.88. The molecule has 1 aliphatic heterocycles. The minimum Gasteiger partial charge on any atom is -0.358 e. The number of carbonyl (C=O) groups is 1. The van der Waals surface area contributed by atoms with Gasteiger partial charge >= 0.3 is 0 Å². The number of amides is 1. The molecule has 0 bridgehead atoms. The van der Waals surface area contributed by atoms with Crippen LogP contribution in [0.5, 0.6) is 0 Å². The molecule has 2 unspecified atom stereocenters. The molecular weight excluding hydrogens is 214 g/mol. The highest BCUT2D eigenvalue weighted by molar-refractivity contribution is 5.81. The number of hydrogen-bond acceptors (Lipinski definition) is 3. The Hall–Kier alpha value is -0.610. The first kappa shape index (κ1) is 14.5. The molecule has 0 aromatic carbocycles. The van der Waals surface area contributed by atoms with Gasteiger partial charge in [-0.3, -0.25) is 9.69 Å². The van der Waals surface area contributed by atoms with Crippen LogP contribution in [0, 0.1) is 0 Å². The maximum absolute atomic E-state index is 11.7. The normalized spacial score (nSPS) is 23.4. The summed E-state index contributed by atoms with van der Waals surface area (Å²) in [6.45, 7) is 7.32. The number of likely N-dealkylation sites (tertiary alicyclic amines) is 1. The van der Waals surface area contributed by atoms with Crippen molar-refractivity contribution >= 4 is 5.91 Å². The van der Waals surface area contributed by atoms with E-state index in [-0.39, 0.29) is 11.9 Å². The maximum Gasteiger partial charge on any atom is 0.236 e. The summed E-state index contributed by atoms with van der Waals surface area (Å²) in [5.74, 6) is 0.132. The molecule has 0 aromatic rings. The quantitative estimate of drug-likeness (QED) is 0.681. The SMILES string of the molecule is CCCNCC1CCCCN1C(C)C(=O)NC. The lowest BCUT2D eigenvalue weighted by Crippen LogP contribution is -2.54.